The SMILES string of the molecule is COc1ccc(N2CCN(C(=O)[C@H]3[C@H](C(=O)O)C3(C)C)CC2)cc1. The second-order valence-corrected chi connectivity index (χ2v) is 7.13. The van der Waals surface area contributed by atoms with Gasteiger partial charge in [0.25, 0.3) is 0 Å². The first kappa shape index (κ1) is 16.6. The molecule has 0 spiro atoms. The lowest BCUT2D eigenvalue weighted by molar-refractivity contribution is -0.142. The second kappa shape index (κ2) is 6.00. The Kier molecular flexibility index (Phi) is 4.15. The lowest BCUT2D eigenvalue weighted by atomic mass is 10.1. The van der Waals surface area contributed by atoms with Gasteiger partial charge in [-0.2, -0.15) is 0 Å². The van der Waals surface area contributed by atoms with Crippen molar-refractivity contribution in [1.29, 1.82) is 0 Å². The number of rotatable bonds is 4. The molecule has 2 aliphatic rings. The maximum Gasteiger partial charge on any atom is 0.307 e. The summed E-state index contributed by atoms with van der Waals surface area (Å²) < 4.78 is 5.17. The maximum absolute atomic E-state index is 12.6. The fraction of sp³-hybridized carbons (Fsp3) is 0.556. The van der Waals surface area contributed by atoms with Gasteiger partial charge in [0.1, 0.15) is 5.75 Å². The zero-order chi connectivity index (χ0) is 17.5. The van der Waals surface area contributed by atoms with Crippen molar-refractivity contribution in [3.05, 3.63) is 24.3 Å². The number of carbonyl (C=O) groups is 2. The molecule has 2 atom stereocenters. The molecule has 0 radical (unpaired) electrons. The molecule has 1 aromatic rings. The summed E-state index contributed by atoms with van der Waals surface area (Å²) in [7, 11) is 1.64. The van der Waals surface area contributed by atoms with Crippen molar-refractivity contribution in [3.63, 3.8) is 0 Å². The summed E-state index contributed by atoms with van der Waals surface area (Å²) in [5.41, 5.74) is 0.675. The Morgan fingerprint density at radius 1 is 1.08 bits per heavy atom. The molecule has 2 fully saturated rings. The highest BCUT2D eigenvalue weighted by Crippen LogP contribution is 2.59. The van der Waals surface area contributed by atoms with Crippen molar-refractivity contribution < 1.29 is 19.4 Å². The summed E-state index contributed by atoms with van der Waals surface area (Å²) in [6.45, 7) is 6.49. The van der Waals surface area contributed by atoms with Crippen LogP contribution >= 0.6 is 0 Å². The van der Waals surface area contributed by atoms with E-state index in [4.69, 9.17) is 4.74 Å². The number of hydrogen-bond donors (Lipinski definition) is 1. The van der Waals surface area contributed by atoms with Crippen LogP contribution in [0.3, 0.4) is 0 Å². The van der Waals surface area contributed by atoms with Gasteiger partial charge >= 0.3 is 5.97 Å². The summed E-state index contributed by atoms with van der Waals surface area (Å²) in [5, 5.41) is 9.25. The summed E-state index contributed by atoms with van der Waals surface area (Å²) in [4.78, 5) is 28.0. The van der Waals surface area contributed by atoms with Crippen molar-refractivity contribution >= 4 is 17.6 Å². The lowest BCUT2D eigenvalue weighted by Crippen LogP contribution is -2.49. The number of piperazine rings is 1. The topological polar surface area (TPSA) is 70.1 Å². The fourth-order valence-corrected chi connectivity index (χ4v) is 3.73. The number of methoxy groups -OCH3 is 1. The minimum atomic E-state index is -0.866. The average molecular weight is 332 g/mol. The van der Waals surface area contributed by atoms with E-state index in [9.17, 15) is 14.7 Å². The maximum atomic E-state index is 12.6. The van der Waals surface area contributed by atoms with Crippen LogP contribution in [0.1, 0.15) is 13.8 Å². The van der Waals surface area contributed by atoms with Crippen LogP contribution in [0.2, 0.25) is 0 Å². The van der Waals surface area contributed by atoms with Crippen LogP contribution in [0.4, 0.5) is 5.69 Å². The van der Waals surface area contributed by atoms with Gasteiger partial charge in [-0.25, -0.2) is 0 Å². The molecule has 1 heterocycles. The minimum absolute atomic E-state index is 0.0122. The molecule has 24 heavy (non-hydrogen) atoms. The molecular formula is C18H24N2O4. The highest BCUT2D eigenvalue weighted by Gasteiger charge is 2.66. The number of carbonyl (C=O) groups excluding carboxylic acids is 1. The average Bonchev–Trinajstić information content (AvgIpc) is 3.17. The second-order valence-electron chi connectivity index (χ2n) is 7.13. The summed E-state index contributed by atoms with van der Waals surface area (Å²) in [5.74, 6) is -0.993. The van der Waals surface area contributed by atoms with Crippen LogP contribution in [-0.2, 0) is 9.59 Å². The predicted octanol–water partition coefficient (Wildman–Crippen LogP) is 1.70. The third kappa shape index (κ3) is 2.81. The Hall–Kier alpha value is -2.24. The number of benzene rings is 1. The van der Waals surface area contributed by atoms with Gasteiger partial charge < -0.3 is 19.6 Å². The molecule has 1 amide bonds. The van der Waals surface area contributed by atoms with Gasteiger partial charge in [-0.1, -0.05) is 13.8 Å². The molecule has 1 saturated heterocycles. The van der Waals surface area contributed by atoms with Gasteiger partial charge in [0.2, 0.25) is 5.91 Å². The first-order valence-corrected chi connectivity index (χ1v) is 8.27. The highest BCUT2D eigenvalue weighted by molar-refractivity contribution is 5.91. The minimum Gasteiger partial charge on any atom is -0.497 e. The van der Waals surface area contributed by atoms with E-state index in [1.165, 1.54) is 0 Å². The zero-order valence-corrected chi connectivity index (χ0v) is 14.4. The van der Waals surface area contributed by atoms with E-state index in [0.717, 1.165) is 24.5 Å². The van der Waals surface area contributed by atoms with Crippen LogP contribution < -0.4 is 9.64 Å². The molecule has 0 aromatic heterocycles. The van der Waals surface area contributed by atoms with Crippen molar-refractivity contribution in [2.45, 2.75) is 13.8 Å². The Morgan fingerprint density at radius 3 is 2.12 bits per heavy atom. The van der Waals surface area contributed by atoms with Gasteiger partial charge in [-0.3, -0.25) is 9.59 Å². The van der Waals surface area contributed by atoms with Crippen LogP contribution in [0, 0.1) is 17.3 Å². The fourth-order valence-electron chi connectivity index (χ4n) is 3.73. The molecule has 0 unspecified atom stereocenters. The van der Waals surface area contributed by atoms with E-state index in [1.807, 2.05) is 43.0 Å². The Morgan fingerprint density at radius 2 is 1.67 bits per heavy atom. The number of amides is 1. The number of carboxylic acids is 1. The predicted molar refractivity (Wildman–Crippen MR) is 90.2 cm³/mol. The van der Waals surface area contributed by atoms with Gasteiger partial charge in [0.15, 0.2) is 0 Å². The molecule has 1 saturated carbocycles. The van der Waals surface area contributed by atoms with E-state index >= 15 is 0 Å². The van der Waals surface area contributed by atoms with Gasteiger partial charge in [-0.05, 0) is 29.7 Å². The number of aliphatic carboxylic acids is 1. The van der Waals surface area contributed by atoms with Gasteiger partial charge in [0, 0.05) is 31.9 Å². The van der Waals surface area contributed by atoms with Crippen molar-refractivity contribution in [2.75, 3.05) is 38.2 Å². The Bertz CT molecular complexity index is 633. The number of carboxylic acid groups (broad SMARTS) is 1. The smallest absolute Gasteiger partial charge is 0.307 e. The van der Waals surface area contributed by atoms with Gasteiger partial charge in [-0.15, -0.1) is 0 Å². The number of anilines is 1. The number of hydrogen-bond acceptors (Lipinski definition) is 4. The molecular weight excluding hydrogens is 308 g/mol. The van der Waals surface area contributed by atoms with E-state index in [1.54, 1.807) is 7.11 Å². The van der Waals surface area contributed by atoms with Crippen LogP contribution in [0.5, 0.6) is 5.75 Å². The van der Waals surface area contributed by atoms with Crippen LogP contribution in [0.15, 0.2) is 24.3 Å². The third-order valence-electron chi connectivity index (χ3n) is 5.39. The van der Waals surface area contributed by atoms with E-state index in [0.29, 0.717) is 13.1 Å². The van der Waals surface area contributed by atoms with E-state index < -0.39 is 17.3 Å². The zero-order valence-electron chi connectivity index (χ0n) is 14.4. The van der Waals surface area contributed by atoms with Crippen molar-refractivity contribution in [3.8, 4) is 5.75 Å². The Balaban J connectivity index is 1.59. The van der Waals surface area contributed by atoms with Crippen molar-refractivity contribution in [1.82, 2.24) is 4.90 Å². The number of ether oxygens (including phenoxy) is 1. The molecule has 1 aliphatic heterocycles. The monoisotopic (exact) mass is 332 g/mol. The molecule has 6 nitrogen and oxygen atoms in total. The standard InChI is InChI=1S/C18H24N2O4/c1-18(2)14(15(18)17(22)23)16(21)20-10-8-19(9-11-20)12-4-6-13(24-3)7-5-12/h4-7,14-15H,8-11H2,1-3H3,(H,22,23)/t14-,15-/m1/s1. The van der Waals surface area contributed by atoms with E-state index in [-0.39, 0.29) is 11.8 Å². The summed E-state index contributed by atoms with van der Waals surface area (Å²) in [6.07, 6.45) is 0. The first-order valence-electron chi connectivity index (χ1n) is 8.27. The first-order chi connectivity index (χ1) is 11.4. The quantitative estimate of drug-likeness (QED) is 0.909. The largest absolute Gasteiger partial charge is 0.497 e. The molecule has 1 aliphatic carbocycles. The van der Waals surface area contributed by atoms with Crippen LogP contribution in [0.25, 0.3) is 0 Å². The van der Waals surface area contributed by atoms with Crippen LogP contribution in [-0.4, -0.2) is 55.2 Å². The normalized spacial score (nSPS) is 25.3. The molecule has 6 heteroatoms. The Labute approximate surface area is 142 Å². The summed E-state index contributed by atoms with van der Waals surface area (Å²) in [6, 6.07) is 7.88. The molecule has 130 valence electrons. The molecule has 1 N–H and O–H groups in total. The highest BCUT2D eigenvalue weighted by atomic mass is 16.5. The van der Waals surface area contributed by atoms with Gasteiger partial charge in [0.05, 0.1) is 18.9 Å². The number of nitrogens with zero attached hydrogens (tertiary/aromatic N) is 2. The lowest BCUT2D eigenvalue weighted by Gasteiger charge is -2.36. The molecule has 0 bridgehead atoms. The third-order valence-corrected chi connectivity index (χ3v) is 5.39. The molecule has 3 rings (SSSR count). The van der Waals surface area contributed by atoms with Crippen molar-refractivity contribution in [2.24, 2.45) is 17.3 Å². The molecule has 1 aromatic carbocycles. The van der Waals surface area contributed by atoms with E-state index in [2.05, 4.69) is 4.90 Å². The summed E-state index contributed by atoms with van der Waals surface area (Å²) >= 11 is 0.